The summed E-state index contributed by atoms with van der Waals surface area (Å²) >= 11 is 3.36. The average molecular weight is 335 g/mol. The second kappa shape index (κ2) is 6.19. The first kappa shape index (κ1) is 15.0. The summed E-state index contributed by atoms with van der Waals surface area (Å²) in [6.45, 7) is 2.04. The number of sulfone groups is 1. The second-order valence-electron chi connectivity index (χ2n) is 3.97. The van der Waals surface area contributed by atoms with Gasteiger partial charge in [0.25, 0.3) is 0 Å². The number of rotatable bonds is 4. The fraction of sp³-hybridized carbons (Fsp3) is 0.364. The number of aryl methyl sites for hydroxylation is 1. The van der Waals surface area contributed by atoms with Gasteiger partial charge in [-0.3, -0.25) is 0 Å². The van der Waals surface area contributed by atoms with Gasteiger partial charge in [0.15, 0.2) is 0 Å². The van der Waals surface area contributed by atoms with Gasteiger partial charge in [-0.2, -0.15) is 0 Å². The number of hydrogen-bond acceptors (Lipinski definition) is 3. The minimum absolute atomic E-state index is 0.0714. The Hall–Kier alpha value is -1.08. The van der Waals surface area contributed by atoms with Crippen molar-refractivity contribution in [3.05, 3.63) is 28.2 Å². The summed E-state index contributed by atoms with van der Waals surface area (Å²) in [5, 5.41) is 5.10. The summed E-state index contributed by atoms with van der Waals surface area (Å²) in [5.41, 5.74) is 1.71. The van der Waals surface area contributed by atoms with E-state index in [-0.39, 0.29) is 12.3 Å². The van der Waals surface area contributed by atoms with E-state index in [0.717, 1.165) is 16.3 Å². The highest BCUT2D eigenvalue weighted by Gasteiger charge is 2.05. The van der Waals surface area contributed by atoms with E-state index in [0.29, 0.717) is 5.69 Å². The maximum absolute atomic E-state index is 11.5. The molecule has 0 unspecified atom stereocenters. The highest BCUT2D eigenvalue weighted by Crippen LogP contribution is 2.20. The molecule has 0 atom stereocenters. The van der Waals surface area contributed by atoms with Gasteiger partial charge in [0.1, 0.15) is 9.84 Å². The lowest BCUT2D eigenvalue weighted by atomic mass is 10.2. The maximum atomic E-state index is 11.5. The van der Waals surface area contributed by atoms with Crippen LogP contribution in [-0.4, -0.2) is 33.0 Å². The highest BCUT2D eigenvalue weighted by atomic mass is 79.9. The first-order valence-corrected chi connectivity index (χ1v) is 8.12. The molecule has 0 heterocycles. The molecule has 0 radical (unpaired) electrons. The van der Waals surface area contributed by atoms with E-state index in [1.807, 2.05) is 13.0 Å². The van der Waals surface area contributed by atoms with E-state index in [9.17, 15) is 13.2 Å². The van der Waals surface area contributed by atoms with Gasteiger partial charge in [0, 0.05) is 23.0 Å². The van der Waals surface area contributed by atoms with Crippen molar-refractivity contribution in [1.82, 2.24) is 5.32 Å². The van der Waals surface area contributed by atoms with Gasteiger partial charge >= 0.3 is 6.03 Å². The molecule has 1 aromatic rings. The zero-order valence-corrected chi connectivity index (χ0v) is 12.6. The van der Waals surface area contributed by atoms with Crippen LogP contribution in [0.25, 0.3) is 0 Å². The van der Waals surface area contributed by atoms with Crippen molar-refractivity contribution in [2.24, 2.45) is 0 Å². The Kier molecular flexibility index (Phi) is 5.15. The third-order valence-electron chi connectivity index (χ3n) is 2.19. The van der Waals surface area contributed by atoms with E-state index in [1.54, 1.807) is 12.1 Å². The quantitative estimate of drug-likeness (QED) is 0.883. The number of urea groups is 1. The van der Waals surface area contributed by atoms with Gasteiger partial charge < -0.3 is 10.6 Å². The van der Waals surface area contributed by atoms with Crippen LogP contribution in [0.3, 0.4) is 0 Å². The molecule has 7 heteroatoms. The third-order valence-corrected chi connectivity index (χ3v) is 3.99. The standard InChI is InChI=1S/C11H15BrN2O3S/c1-8-3-4-9(7-10(8)12)14-11(15)13-5-6-18(2,16)17/h3-4,7H,5-6H2,1-2H3,(H2,13,14,15). The number of anilines is 1. The number of carbonyl (C=O) groups is 1. The molecule has 0 bridgehead atoms. The van der Waals surface area contributed by atoms with Crippen LogP contribution in [-0.2, 0) is 9.84 Å². The fourth-order valence-corrected chi connectivity index (χ4v) is 2.05. The van der Waals surface area contributed by atoms with Crippen molar-refractivity contribution < 1.29 is 13.2 Å². The Labute approximate surface area is 115 Å². The van der Waals surface area contributed by atoms with E-state index >= 15 is 0 Å². The van der Waals surface area contributed by atoms with Crippen LogP contribution >= 0.6 is 15.9 Å². The van der Waals surface area contributed by atoms with E-state index in [4.69, 9.17) is 0 Å². The van der Waals surface area contributed by atoms with Gasteiger partial charge in [0.2, 0.25) is 0 Å². The molecule has 0 saturated carbocycles. The number of benzene rings is 1. The minimum atomic E-state index is -3.05. The molecule has 0 saturated heterocycles. The lowest BCUT2D eigenvalue weighted by Crippen LogP contribution is -2.32. The Morgan fingerprint density at radius 2 is 2.06 bits per heavy atom. The SMILES string of the molecule is Cc1ccc(NC(=O)NCCS(C)(=O)=O)cc1Br. The van der Waals surface area contributed by atoms with Crippen molar-refractivity contribution in [3.8, 4) is 0 Å². The molecule has 1 rings (SSSR count). The van der Waals surface area contributed by atoms with Crippen LogP contribution in [0.15, 0.2) is 22.7 Å². The molecule has 0 aliphatic heterocycles. The first-order chi connectivity index (χ1) is 8.28. The molecule has 0 aliphatic rings. The monoisotopic (exact) mass is 334 g/mol. The molecule has 0 spiro atoms. The van der Waals surface area contributed by atoms with E-state index < -0.39 is 15.9 Å². The summed E-state index contributed by atoms with van der Waals surface area (Å²) in [6, 6.07) is 5.01. The number of amides is 2. The number of halogens is 1. The van der Waals surface area contributed by atoms with Gasteiger partial charge in [-0.05, 0) is 24.6 Å². The Morgan fingerprint density at radius 1 is 1.39 bits per heavy atom. The molecule has 0 fully saturated rings. The van der Waals surface area contributed by atoms with Crippen LogP contribution in [0, 0.1) is 6.92 Å². The summed E-state index contributed by atoms with van der Waals surface area (Å²) in [6.07, 6.45) is 1.13. The molecule has 1 aromatic carbocycles. The average Bonchev–Trinajstić information content (AvgIpc) is 2.21. The summed E-state index contributed by atoms with van der Waals surface area (Å²) in [7, 11) is -3.05. The highest BCUT2D eigenvalue weighted by molar-refractivity contribution is 9.10. The Bertz CT molecular complexity index is 543. The van der Waals surface area contributed by atoms with Gasteiger partial charge in [0.05, 0.1) is 5.75 Å². The van der Waals surface area contributed by atoms with Crippen LogP contribution < -0.4 is 10.6 Å². The van der Waals surface area contributed by atoms with Gasteiger partial charge in [-0.15, -0.1) is 0 Å². The van der Waals surface area contributed by atoms with Crippen molar-refractivity contribution in [1.29, 1.82) is 0 Å². The van der Waals surface area contributed by atoms with Crippen molar-refractivity contribution in [2.75, 3.05) is 23.9 Å². The lowest BCUT2D eigenvalue weighted by molar-refractivity contribution is 0.252. The topological polar surface area (TPSA) is 75.3 Å². The largest absolute Gasteiger partial charge is 0.337 e. The predicted octanol–water partition coefficient (Wildman–Crippen LogP) is 1.92. The number of nitrogens with one attached hydrogen (secondary N) is 2. The van der Waals surface area contributed by atoms with Crippen LogP contribution in [0.1, 0.15) is 5.56 Å². The predicted molar refractivity (Wildman–Crippen MR) is 75.6 cm³/mol. The summed E-state index contributed by atoms with van der Waals surface area (Å²) in [5.74, 6) is -0.0714. The molecule has 0 aliphatic carbocycles. The van der Waals surface area contributed by atoms with Crippen LogP contribution in [0.2, 0.25) is 0 Å². The molecule has 2 N–H and O–H groups in total. The van der Waals surface area contributed by atoms with Crippen LogP contribution in [0.4, 0.5) is 10.5 Å². The molecule has 0 aromatic heterocycles. The second-order valence-corrected chi connectivity index (χ2v) is 7.09. The Morgan fingerprint density at radius 3 is 2.61 bits per heavy atom. The van der Waals surface area contributed by atoms with E-state index in [1.165, 1.54) is 0 Å². The van der Waals surface area contributed by atoms with Gasteiger partial charge in [-0.25, -0.2) is 13.2 Å². The fourth-order valence-electron chi connectivity index (χ4n) is 1.20. The normalized spacial score (nSPS) is 11.1. The molecular formula is C11H15BrN2O3S. The van der Waals surface area contributed by atoms with Crippen molar-refractivity contribution in [3.63, 3.8) is 0 Å². The van der Waals surface area contributed by atoms with Crippen LogP contribution in [0.5, 0.6) is 0 Å². The minimum Gasteiger partial charge on any atom is -0.337 e. The number of carbonyl (C=O) groups excluding carboxylic acids is 1. The molecule has 2 amide bonds. The lowest BCUT2D eigenvalue weighted by Gasteiger charge is -2.08. The molecule has 18 heavy (non-hydrogen) atoms. The summed E-state index contributed by atoms with van der Waals surface area (Å²) < 4.78 is 22.7. The molecule has 100 valence electrons. The third kappa shape index (κ3) is 5.50. The Balaban J connectivity index is 2.47. The first-order valence-electron chi connectivity index (χ1n) is 5.26. The zero-order valence-electron chi connectivity index (χ0n) is 10.2. The van der Waals surface area contributed by atoms with Gasteiger partial charge in [-0.1, -0.05) is 22.0 Å². The number of hydrogen-bond donors (Lipinski definition) is 2. The molecule has 5 nitrogen and oxygen atoms in total. The maximum Gasteiger partial charge on any atom is 0.319 e. The molecular weight excluding hydrogens is 320 g/mol. The van der Waals surface area contributed by atoms with E-state index in [2.05, 4.69) is 26.6 Å². The van der Waals surface area contributed by atoms with Crippen molar-refractivity contribution in [2.45, 2.75) is 6.92 Å². The zero-order chi connectivity index (χ0) is 13.8. The smallest absolute Gasteiger partial charge is 0.319 e. The summed E-state index contributed by atoms with van der Waals surface area (Å²) in [4.78, 5) is 11.5. The van der Waals surface area contributed by atoms with Crippen molar-refractivity contribution >= 4 is 37.5 Å².